The smallest absolute Gasteiger partial charge is 0.210 e. The second kappa shape index (κ2) is 3.63. The topological polar surface area (TPSA) is 62.5 Å². The number of fused-ring (bicyclic) bond motifs is 1. The summed E-state index contributed by atoms with van der Waals surface area (Å²) in [6.45, 7) is 1.01. The largest absolute Gasteiger partial charge is 0.695 e. The summed E-state index contributed by atoms with van der Waals surface area (Å²) >= 11 is 0. The molecule has 2 aliphatic heterocycles. The first-order valence-corrected chi connectivity index (χ1v) is 6.02. The summed E-state index contributed by atoms with van der Waals surface area (Å²) in [6.07, 6.45) is 6.51. The van der Waals surface area contributed by atoms with Gasteiger partial charge in [0, 0.05) is 5.92 Å². The number of hydrogen-bond donors (Lipinski definition) is 2. The summed E-state index contributed by atoms with van der Waals surface area (Å²) < 4.78 is 0. The molecule has 2 fully saturated rings. The van der Waals surface area contributed by atoms with Gasteiger partial charge in [-0.2, -0.15) is 10.3 Å². The predicted octanol–water partition coefficient (Wildman–Crippen LogP) is 0.961. The lowest BCUT2D eigenvalue weighted by Crippen LogP contribution is -2.56. The minimum Gasteiger partial charge on any atom is -0.695 e. The van der Waals surface area contributed by atoms with Crippen LogP contribution in [-0.2, 0) is 0 Å². The van der Waals surface area contributed by atoms with Gasteiger partial charge in [0.05, 0.1) is 5.22 Å². The molecule has 15 heavy (non-hydrogen) atoms. The molecule has 0 aromatic heterocycles. The number of hydroxylamine groups is 1. The van der Waals surface area contributed by atoms with Crippen molar-refractivity contribution in [1.29, 1.82) is 0 Å². The molecule has 2 N–H and O–H groups in total. The Morgan fingerprint density at radius 2 is 2.00 bits per heavy atom. The minimum absolute atomic E-state index is 0.0295. The maximum atomic E-state index is 11.6. The van der Waals surface area contributed by atoms with Gasteiger partial charge >= 0.3 is 0 Å². The first-order chi connectivity index (χ1) is 7.36. The molecule has 0 amide bonds. The van der Waals surface area contributed by atoms with Gasteiger partial charge in [-0.1, -0.05) is 25.7 Å². The first kappa shape index (κ1) is 9.39. The highest BCUT2D eigenvalue weighted by Crippen LogP contribution is 2.38. The van der Waals surface area contributed by atoms with Crippen molar-refractivity contribution < 1.29 is 4.86 Å². The van der Waals surface area contributed by atoms with Crippen LogP contribution in [0.4, 0.5) is 0 Å². The summed E-state index contributed by atoms with van der Waals surface area (Å²) in [5.74, 6) is 1.29. The Morgan fingerprint density at radius 3 is 2.80 bits per heavy atom. The van der Waals surface area contributed by atoms with Crippen LogP contribution in [0, 0.1) is 17.0 Å². The fourth-order valence-corrected chi connectivity index (χ4v) is 3.44. The summed E-state index contributed by atoms with van der Waals surface area (Å²) in [7, 11) is 0. The monoisotopic (exact) mass is 210 g/mol. The first-order valence-electron chi connectivity index (χ1n) is 6.02. The van der Waals surface area contributed by atoms with Crippen molar-refractivity contribution in [3.63, 3.8) is 0 Å². The van der Waals surface area contributed by atoms with Crippen molar-refractivity contribution in [3.05, 3.63) is 5.21 Å². The van der Waals surface area contributed by atoms with Crippen molar-refractivity contribution in [2.45, 2.75) is 44.3 Å². The molecule has 1 saturated carbocycles. The van der Waals surface area contributed by atoms with Gasteiger partial charge in [-0.05, 0) is 18.9 Å². The second-order valence-electron chi connectivity index (χ2n) is 4.95. The fraction of sp³-hybridized carbons (Fsp3) is 1.00. The van der Waals surface area contributed by atoms with Gasteiger partial charge < -0.3 is 5.21 Å². The Labute approximate surface area is 89.5 Å². The molecule has 1 aliphatic carbocycles. The van der Waals surface area contributed by atoms with E-state index in [9.17, 15) is 5.21 Å². The molecule has 5 heteroatoms. The number of rotatable bonds is 1. The predicted molar refractivity (Wildman–Crippen MR) is 54.8 cm³/mol. The summed E-state index contributed by atoms with van der Waals surface area (Å²) in [5, 5.41) is 18.7. The van der Waals surface area contributed by atoms with Crippen LogP contribution in [0.5, 0.6) is 0 Å². The third kappa shape index (κ3) is 1.49. The van der Waals surface area contributed by atoms with Crippen LogP contribution in [0.3, 0.4) is 0 Å². The lowest BCUT2D eigenvalue weighted by molar-refractivity contribution is -0.567. The van der Waals surface area contributed by atoms with Crippen LogP contribution >= 0.6 is 0 Å². The number of hydrogen-bond acceptors (Lipinski definition) is 4. The third-order valence-electron chi connectivity index (χ3n) is 4.18. The minimum atomic E-state index is 0.0295. The van der Waals surface area contributed by atoms with Crippen LogP contribution in [0.25, 0.3) is 0 Å². The molecule has 1 saturated heterocycles. The SMILES string of the molecule is [O-][N+]1=NNC2NCCC(C3CCCC3)C21. The van der Waals surface area contributed by atoms with Crippen molar-refractivity contribution in [2.24, 2.45) is 17.1 Å². The Kier molecular flexibility index (Phi) is 2.27. The quantitative estimate of drug-likeness (QED) is 0.500. The van der Waals surface area contributed by atoms with Gasteiger partial charge in [-0.25, -0.2) is 0 Å². The average Bonchev–Trinajstić information content (AvgIpc) is 2.88. The normalized spacial score (nSPS) is 41.1. The van der Waals surface area contributed by atoms with E-state index in [1.807, 2.05) is 0 Å². The van der Waals surface area contributed by atoms with Crippen molar-refractivity contribution in [1.82, 2.24) is 10.7 Å². The number of nitrogens with zero attached hydrogens (tertiary/aromatic N) is 2. The van der Waals surface area contributed by atoms with E-state index >= 15 is 0 Å². The summed E-state index contributed by atoms with van der Waals surface area (Å²) in [6, 6.07) is 0.0295. The lowest BCUT2D eigenvalue weighted by atomic mass is 9.79. The van der Waals surface area contributed by atoms with Gasteiger partial charge in [0.25, 0.3) is 0 Å². The molecule has 3 rings (SSSR count). The zero-order valence-electron chi connectivity index (χ0n) is 8.85. The third-order valence-corrected chi connectivity index (χ3v) is 4.18. The Bertz CT molecular complexity index is 275. The van der Waals surface area contributed by atoms with Crippen molar-refractivity contribution >= 4 is 0 Å². The number of piperidine rings is 1. The molecule has 0 radical (unpaired) electrons. The Hall–Kier alpha value is -0.840. The highest BCUT2D eigenvalue weighted by Gasteiger charge is 2.46. The molecule has 0 aromatic rings. The average molecular weight is 210 g/mol. The van der Waals surface area contributed by atoms with Gasteiger partial charge in [0.15, 0.2) is 6.04 Å². The molecule has 3 aliphatic rings. The van der Waals surface area contributed by atoms with Crippen LogP contribution in [0.1, 0.15) is 32.1 Å². The fourth-order valence-electron chi connectivity index (χ4n) is 3.44. The Balaban J connectivity index is 1.78. The van der Waals surface area contributed by atoms with E-state index in [1.54, 1.807) is 0 Å². The molecule has 0 aromatic carbocycles. The Morgan fingerprint density at radius 1 is 1.20 bits per heavy atom. The van der Waals surface area contributed by atoms with Crippen molar-refractivity contribution in [2.75, 3.05) is 6.54 Å². The van der Waals surface area contributed by atoms with Crippen LogP contribution in [0.2, 0.25) is 0 Å². The van der Waals surface area contributed by atoms with E-state index in [0.29, 0.717) is 5.92 Å². The second-order valence-corrected chi connectivity index (χ2v) is 4.95. The molecule has 3 unspecified atom stereocenters. The lowest BCUT2D eigenvalue weighted by Gasteiger charge is -2.34. The van der Waals surface area contributed by atoms with Crippen molar-refractivity contribution in [3.8, 4) is 0 Å². The van der Waals surface area contributed by atoms with E-state index < -0.39 is 0 Å². The van der Waals surface area contributed by atoms with Crippen LogP contribution < -0.4 is 10.7 Å². The van der Waals surface area contributed by atoms with E-state index in [4.69, 9.17) is 0 Å². The van der Waals surface area contributed by atoms with E-state index in [1.165, 1.54) is 25.7 Å². The zero-order valence-corrected chi connectivity index (χ0v) is 8.85. The molecular weight excluding hydrogens is 192 g/mol. The molecule has 2 heterocycles. The molecular formula is C10H18N4O. The van der Waals surface area contributed by atoms with Crippen LogP contribution in [-0.4, -0.2) is 23.6 Å². The summed E-state index contributed by atoms with van der Waals surface area (Å²) in [5.41, 5.74) is 2.89. The highest BCUT2D eigenvalue weighted by molar-refractivity contribution is 4.91. The molecule has 0 spiro atoms. The van der Waals surface area contributed by atoms with E-state index in [0.717, 1.165) is 23.7 Å². The molecule has 0 bridgehead atoms. The molecule has 84 valence electrons. The van der Waals surface area contributed by atoms with Gasteiger partial charge in [0.1, 0.15) is 0 Å². The van der Waals surface area contributed by atoms with Gasteiger partial charge in [-0.3, -0.25) is 5.32 Å². The van der Waals surface area contributed by atoms with Gasteiger partial charge in [-0.15, -0.1) is 0 Å². The van der Waals surface area contributed by atoms with Gasteiger partial charge in [0.2, 0.25) is 6.17 Å². The molecule has 5 nitrogen and oxygen atoms in total. The maximum Gasteiger partial charge on any atom is 0.210 e. The standard InChI is InChI=1S/C10H18N4O/c15-14-9-8(7-3-1-2-4-7)5-6-11-10(9)12-13-14/h7-12H,1-6H2. The summed E-state index contributed by atoms with van der Waals surface area (Å²) in [4.78, 5) is 0.889. The molecule has 3 atom stereocenters. The maximum absolute atomic E-state index is 11.6. The van der Waals surface area contributed by atoms with Crippen LogP contribution in [0.15, 0.2) is 5.22 Å². The van der Waals surface area contributed by atoms with E-state index in [-0.39, 0.29) is 12.2 Å². The highest BCUT2D eigenvalue weighted by atomic mass is 16.5. The number of nitrogens with one attached hydrogen (secondary N) is 2. The zero-order chi connectivity index (χ0) is 10.3. The van der Waals surface area contributed by atoms with E-state index in [2.05, 4.69) is 16.0 Å².